The van der Waals surface area contributed by atoms with Crippen molar-refractivity contribution in [2.45, 2.75) is 6.42 Å². The SMILES string of the molecule is C=CCCP(=O)(ON)OCC=C.[Ca+2].[H-].[H-]. The van der Waals surface area contributed by atoms with Crippen LogP contribution in [0.1, 0.15) is 9.27 Å². The van der Waals surface area contributed by atoms with Gasteiger partial charge in [0, 0.05) is 0 Å². The van der Waals surface area contributed by atoms with E-state index in [1.807, 2.05) is 0 Å². The minimum absolute atomic E-state index is 0. The summed E-state index contributed by atoms with van der Waals surface area (Å²) in [6, 6.07) is 0. The van der Waals surface area contributed by atoms with E-state index in [2.05, 4.69) is 17.8 Å². The van der Waals surface area contributed by atoms with Crippen molar-refractivity contribution in [3.8, 4) is 0 Å². The van der Waals surface area contributed by atoms with Gasteiger partial charge in [0.1, 0.15) is 0 Å². The Bertz CT molecular complexity index is 191. The van der Waals surface area contributed by atoms with Crippen molar-refractivity contribution in [2.24, 2.45) is 5.90 Å². The molecule has 0 rings (SSSR count). The van der Waals surface area contributed by atoms with E-state index >= 15 is 0 Å². The quantitative estimate of drug-likeness (QED) is 0.314. The fourth-order valence-corrected chi connectivity index (χ4v) is 1.69. The fraction of sp³-hybridized carbons (Fsp3) is 0.429. The molecular weight excluding hydrogens is 217 g/mol. The van der Waals surface area contributed by atoms with Crippen molar-refractivity contribution in [2.75, 3.05) is 12.8 Å². The Morgan fingerprint density at radius 2 is 2.08 bits per heavy atom. The van der Waals surface area contributed by atoms with Crippen molar-refractivity contribution in [3.05, 3.63) is 25.3 Å². The molecule has 0 amide bonds. The van der Waals surface area contributed by atoms with Crippen molar-refractivity contribution in [1.82, 2.24) is 0 Å². The molecule has 74 valence electrons. The first-order valence-corrected chi connectivity index (χ1v) is 5.25. The molecule has 0 radical (unpaired) electrons. The van der Waals surface area contributed by atoms with Crippen LogP contribution in [0.15, 0.2) is 25.3 Å². The van der Waals surface area contributed by atoms with Gasteiger partial charge in [0.15, 0.2) is 0 Å². The summed E-state index contributed by atoms with van der Waals surface area (Å²) >= 11 is 0. The number of hydrogen-bond acceptors (Lipinski definition) is 4. The summed E-state index contributed by atoms with van der Waals surface area (Å²) in [5, 5.41) is 0. The van der Waals surface area contributed by atoms with E-state index in [9.17, 15) is 4.57 Å². The standard InChI is InChI=1S/C7H14NO3P.Ca.2H/c1-3-5-7-12(9,11-8)10-6-4-2;;;/h3-4H,1-2,5-8H2;;;/q;+2;2*-1. The zero-order valence-electron chi connectivity index (χ0n) is 9.65. The third-order valence-corrected chi connectivity index (χ3v) is 2.83. The number of nitrogens with two attached hydrogens (primary N) is 1. The van der Waals surface area contributed by atoms with Gasteiger partial charge in [-0.05, 0) is 6.42 Å². The maximum Gasteiger partial charge on any atom is 2.00 e. The van der Waals surface area contributed by atoms with E-state index < -0.39 is 7.60 Å². The summed E-state index contributed by atoms with van der Waals surface area (Å²) in [7, 11) is -3.10. The van der Waals surface area contributed by atoms with E-state index in [4.69, 9.17) is 10.4 Å². The van der Waals surface area contributed by atoms with Crippen molar-refractivity contribution in [1.29, 1.82) is 0 Å². The molecule has 1 atom stereocenters. The summed E-state index contributed by atoms with van der Waals surface area (Å²) in [5.74, 6) is 4.83. The Kier molecular flexibility index (Phi) is 11.8. The van der Waals surface area contributed by atoms with Crippen LogP contribution in [0.2, 0.25) is 0 Å². The molecule has 0 spiro atoms. The van der Waals surface area contributed by atoms with Gasteiger partial charge in [0.2, 0.25) is 0 Å². The van der Waals surface area contributed by atoms with Crippen LogP contribution in [0, 0.1) is 0 Å². The zero-order valence-corrected chi connectivity index (χ0v) is 10.7. The van der Waals surface area contributed by atoms with Crippen LogP contribution in [0.4, 0.5) is 0 Å². The average Bonchev–Trinajstić information content (AvgIpc) is 2.11. The third kappa shape index (κ3) is 7.89. The fourth-order valence-electron chi connectivity index (χ4n) is 0.563. The van der Waals surface area contributed by atoms with Crippen LogP contribution in [0.3, 0.4) is 0 Å². The molecule has 0 aliphatic heterocycles. The molecule has 6 heteroatoms. The maximum atomic E-state index is 11.4. The molecule has 2 N–H and O–H groups in total. The molecule has 0 bridgehead atoms. The second-order valence-electron chi connectivity index (χ2n) is 2.10. The molecule has 13 heavy (non-hydrogen) atoms. The molecule has 1 unspecified atom stereocenters. The molecule has 0 aromatic rings. The minimum atomic E-state index is -3.10. The Balaban J connectivity index is -0.000000202. The first kappa shape index (κ1) is 16.3. The second kappa shape index (κ2) is 9.41. The number of hydrogen-bond donors (Lipinski definition) is 1. The molecule has 0 aliphatic carbocycles. The van der Waals surface area contributed by atoms with Gasteiger partial charge in [-0.15, -0.1) is 13.2 Å². The van der Waals surface area contributed by atoms with Crippen LogP contribution >= 0.6 is 7.60 Å². The van der Waals surface area contributed by atoms with Gasteiger partial charge >= 0.3 is 45.3 Å². The Labute approximate surface area is 112 Å². The predicted octanol–water partition coefficient (Wildman–Crippen LogP) is 1.69. The minimum Gasteiger partial charge on any atom is -1.00 e. The van der Waals surface area contributed by atoms with E-state index in [1.54, 1.807) is 6.08 Å². The van der Waals surface area contributed by atoms with Crippen molar-refractivity contribution in [3.63, 3.8) is 0 Å². The monoisotopic (exact) mass is 233 g/mol. The average molecular weight is 233 g/mol. The summed E-state index contributed by atoms with van der Waals surface area (Å²) in [4.78, 5) is 0. The molecule has 0 saturated carbocycles. The Morgan fingerprint density at radius 3 is 2.46 bits per heavy atom. The molecule has 0 saturated heterocycles. The van der Waals surface area contributed by atoms with Crippen molar-refractivity contribution >= 4 is 45.3 Å². The summed E-state index contributed by atoms with van der Waals surface area (Å²) in [5.41, 5.74) is 0. The van der Waals surface area contributed by atoms with Gasteiger partial charge in [-0.25, -0.2) is 10.5 Å². The van der Waals surface area contributed by atoms with Crippen molar-refractivity contribution < 1.29 is 16.6 Å². The summed E-state index contributed by atoms with van der Waals surface area (Å²) in [6.45, 7) is 7.07. The van der Waals surface area contributed by atoms with Crippen LogP contribution in [0.25, 0.3) is 0 Å². The molecule has 0 fully saturated rings. The smallest absolute Gasteiger partial charge is 1.00 e. The van der Waals surface area contributed by atoms with Crippen LogP contribution in [0.5, 0.6) is 0 Å². The van der Waals surface area contributed by atoms with Crippen LogP contribution in [-0.2, 0) is 13.7 Å². The summed E-state index contributed by atoms with van der Waals surface area (Å²) in [6.07, 6.45) is 3.91. The molecule has 0 heterocycles. The van der Waals surface area contributed by atoms with E-state index in [1.165, 1.54) is 6.08 Å². The Morgan fingerprint density at radius 1 is 1.46 bits per heavy atom. The predicted molar refractivity (Wildman–Crippen MR) is 56.7 cm³/mol. The topological polar surface area (TPSA) is 61.5 Å². The maximum absolute atomic E-state index is 11.4. The number of rotatable bonds is 7. The summed E-state index contributed by atoms with van der Waals surface area (Å²) < 4.78 is 20.6. The molecule has 0 aliphatic rings. The molecule has 4 nitrogen and oxygen atoms in total. The van der Waals surface area contributed by atoms with Gasteiger partial charge in [0.25, 0.3) is 0 Å². The van der Waals surface area contributed by atoms with Gasteiger partial charge in [-0.3, -0.25) is 4.57 Å². The normalized spacial score (nSPS) is 13.9. The largest absolute Gasteiger partial charge is 2.00 e. The van der Waals surface area contributed by atoms with E-state index in [-0.39, 0.29) is 53.4 Å². The molecule has 0 aromatic heterocycles. The first-order chi connectivity index (χ1) is 5.68. The van der Waals surface area contributed by atoms with E-state index in [0.717, 1.165) is 0 Å². The van der Waals surface area contributed by atoms with Gasteiger partial charge in [-0.2, -0.15) is 0 Å². The van der Waals surface area contributed by atoms with Gasteiger partial charge in [0.05, 0.1) is 12.8 Å². The molecular formula is C7H16CaNO3P. The van der Waals surface area contributed by atoms with E-state index in [0.29, 0.717) is 6.42 Å². The number of allylic oxidation sites excluding steroid dienone is 1. The van der Waals surface area contributed by atoms with Gasteiger partial charge < -0.3 is 7.38 Å². The molecule has 0 aromatic carbocycles. The second-order valence-corrected chi connectivity index (χ2v) is 4.24. The van der Waals surface area contributed by atoms with Gasteiger partial charge in [-0.1, -0.05) is 12.2 Å². The first-order valence-electron chi connectivity index (χ1n) is 3.52. The van der Waals surface area contributed by atoms with Crippen LogP contribution < -0.4 is 5.90 Å². The third-order valence-electron chi connectivity index (χ3n) is 1.16. The zero-order chi connectivity index (χ0) is 9.45. The van der Waals surface area contributed by atoms with Crippen LogP contribution in [-0.4, -0.2) is 50.5 Å². The Hall–Kier alpha value is 0.850.